The second-order valence-corrected chi connectivity index (χ2v) is 7.66. The number of nitrogens with two attached hydrogens (primary N) is 2. The van der Waals surface area contributed by atoms with E-state index >= 15 is 0 Å². The fourth-order valence-electron chi connectivity index (χ4n) is 3.58. The number of aliphatic hydroxyl groups is 1. The molecule has 0 atom stereocenters. The standard InChI is InChI=1S/C22H26N10O3/c1-31-22(34)18-15(26-14-6-4-5-13(19(14)35-3)20(23)29-32(2)24)10-17(28-21(18)30-31)27-16-9-12(11-33)7-8-25-16/h4-10,33H,11,24H2,1-3H3,(H2,23,29)(H3,25,26,27,28,30). The minimum absolute atomic E-state index is 0.120. The van der Waals surface area contributed by atoms with Crippen LogP contribution in [0, 0.1) is 0 Å². The van der Waals surface area contributed by atoms with Crippen LogP contribution in [0.3, 0.4) is 0 Å². The van der Waals surface area contributed by atoms with Gasteiger partial charge in [-0.15, -0.1) is 5.10 Å². The number of aryl methyl sites for hydroxylation is 1. The maximum absolute atomic E-state index is 12.8. The number of aliphatic hydroxyl groups excluding tert-OH is 1. The van der Waals surface area contributed by atoms with Crippen LogP contribution in [0.2, 0.25) is 0 Å². The van der Waals surface area contributed by atoms with E-state index in [0.717, 1.165) is 5.12 Å². The van der Waals surface area contributed by atoms with Crippen LogP contribution < -0.4 is 32.5 Å². The number of methoxy groups -OCH3 is 1. The SMILES string of the molecule is COc1c(Nc2cc(Nc3cc(CO)ccn3)nc3[nH]n(C)c(=O)c23)cccc1/C(N)=N/N(C)N. The summed E-state index contributed by atoms with van der Waals surface area (Å²) in [7, 11) is 4.67. The minimum Gasteiger partial charge on any atom is -0.494 e. The summed E-state index contributed by atoms with van der Waals surface area (Å²) in [5.74, 6) is 7.08. The van der Waals surface area contributed by atoms with Crippen LogP contribution in [0.5, 0.6) is 5.75 Å². The molecule has 3 heterocycles. The molecule has 13 heteroatoms. The van der Waals surface area contributed by atoms with Gasteiger partial charge in [-0.3, -0.25) is 14.6 Å². The van der Waals surface area contributed by atoms with E-state index in [1.807, 2.05) is 0 Å². The molecular weight excluding hydrogens is 452 g/mol. The molecule has 1 aromatic carbocycles. The molecule has 35 heavy (non-hydrogen) atoms. The first-order valence-electron chi connectivity index (χ1n) is 10.5. The third-order valence-corrected chi connectivity index (χ3v) is 5.10. The third kappa shape index (κ3) is 4.85. The molecule has 4 rings (SSSR count). The highest BCUT2D eigenvalue weighted by Gasteiger charge is 2.18. The third-order valence-electron chi connectivity index (χ3n) is 5.10. The highest BCUT2D eigenvalue weighted by molar-refractivity contribution is 6.02. The fraction of sp³-hybridized carbons (Fsp3) is 0.182. The number of aromatic amines is 1. The number of hydrogen-bond donors (Lipinski definition) is 6. The summed E-state index contributed by atoms with van der Waals surface area (Å²) in [5.41, 5.74) is 8.44. The van der Waals surface area contributed by atoms with E-state index in [1.54, 1.807) is 56.7 Å². The lowest BCUT2D eigenvalue weighted by atomic mass is 10.1. The molecule has 182 valence electrons. The van der Waals surface area contributed by atoms with Crippen molar-refractivity contribution in [2.24, 2.45) is 23.7 Å². The van der Waals surface area contributed by atoms with Gasteiger partial charge in [-0.1, -0.05) is 6.07 Å². The smallest absolute Gasteiger partial charge is 0.277 e. The van der Waals surface area contributed by atoms with Gasteiger partial charge in [0.15, 0.2) is 17.2 Å². The van der Waals surface area contributed by atoms with Crippen molar-refractivity contribution < 1.29 is 9.84 Å². The van der Waals surface area contributed by atoms with Crippen molar-refractivity contribution in [2.75, 3.05) is 24.8 Å². The summed E-state index contributed by atoms with van der Waals surface area (Å²) in [6.45, 7) is -0.120. The predicted molar refractivity (Wildman–Crippen MR) is 134 cm³/mol. The number of H-pyrrole nitrogens is 1. The number of aromatic nitrogens is 4. The number of hydrogen-bond acceptors (Lipinski definition) is 10. The fourth-order valence-corrected chi connectivity index (χ4v) is 3.58. The van der Waals surface area contributed by atoms with Crippen molar-refractivity contribution in [2.45, 2.75) is 6.61 Å². The van der Waals surface area contributed by atoms with E-state index in [2.05, 4.69) is 30.8 Å². The van der Waals surface area contributed by atoms with Crippen molar-refractivity contribution in [3.63, 3.8) is 0 Å². The molecule has 0 aliphatic heterocycles. The maximum atomic E-state index is 12.8. The Hall–Kier alpha value is -4.62. The van der Waals surface area contributed by atoms with E-state index in [4.69, 9.17) is 16.3 Å². The first-order chi connectivity index (χ1) is 16.8. The second kappa shape index (κ2) is 9.70. The molecule has 4 aromatic rings. The van der Waals surface area contributed by atoms with Crippen LogP contribution in [-0.2, 0) is 13.7 Å². The lowest BCUT2D eigenvalue weighted by molar-refractivity contribution is 0.282. The molecule has 0 bridgehead atoms. The molecule has 0 unspecified atom stereocenters. The zero-order chi connectivity index (χ0) is 25.1. The van der Waals surface area contributed by atoms with Crippen LogP contribution in [0.15, 0.2) is 52.5 Å². The van der Waals surface area contributed by atoms with Gasteiger partial charge in [-0.25, -0.2) is 20.9 Å². The molecule has 0 aliphatic rings. The van der Waals surface area contributed by atoms with Gasteiger partial charge in [0.25, 0.3) is 5.56 Å². The molecule has 8 N–H and O–H groups in total. The van der Waals surface area contributed by atoms with Crippen LogP contribution in [0.4, 0.5) is 23.0 Å². The van der Waals surface area contributed by atoms with Crippen LogP contribution in [0.1, 0.15) is 11.1 Å². The maximum Gasteiger partial charge on any atom is 0.277 e. The van der Waals surface area contributed by atoms with Gasteiger partial charge < -0.3 is 26.2 Å². The molecule has 0 fully saturated rings. The van der Waals surface area contributed by atoms with Crippen LogP contribution in [-0.4, -0.2) is 50.0 Å². The van der Waals surface area contributed by atoms with Crippen molar-refractivity contribution in [3.05, 3.63) is 64.1 Å². The monoisotopic (exact) mass is 478 g/mol. The summed E-state index contributed by atoms with van der Waals surface area (Å²) >= 11 is 0. The first kappa shape index (κ1) is 23.5. The average Bonchev–Trinajstić information content (AvgIpc) is 3.11. The quantitative estimate of drug-likeness (QED) is 0.0926. The van der Waals surface area contributed by atoms with Gasteiger partial charge >= 0.3 is 0 Å². The number of fused-ring (bicyclic) bond motifs is 1. The van der Waals surface area contributed by atoms with E-state index in [1.165, 1.54) is 11.8 Å². The Balaban J connectivity index is 1.81. The lowest BCUT2D eigenvalue weighted by Gasteiger charge is -2.16. The molecule has 0 radical (unpaired) electrons. The molecule has 0 saturated heterocycles. The molecule has 13 nitrogen and oxygen atoms in total. The summed E-state index contributed by atoms with van der Waals surface area (Å²) in [5, 5.41) is 24.2. The first-order valence-corrected chi connectivity index (χ1v) is 10.5. The largest absolute Gasteiger partial charge is 0.494 e. The zero-order valence-corrected chi connectivity index (χ0v) is 19.4. The van der Waals surface area contributed by atoms with Gasteiger partial charge in [-0.2, -0.15) is 0 Å². The van der Waals surface area contributed by atoms with Gasteiger partial charge in [0.2, 0.25) is 0 Å². The molecule has 0 amide bonds. The molecule has 0 saturated carbocycles. The lowest BCUT2D eigenvalue weighted by Crippen LogP contribution is -2.26. The number of rotatable bonds is 8. The number of para-hydroxylation sites is 1. The number of ether oxygens (including phenoxy) is 1. The van der Waals surface area contributed by atoms with Crippen molar-refractivity contribution in [3.8, 4) is 5.75 Å². The zero-order valence-electron chi connectivity index (χ0n) is 19.4. The van der Waals surface area contributed by atoms with Gasteiger partial charge in [0.05, 0.1) is 30.7 Å². The van der Waals surface area contributed by atoms with Crippen LogP contribution >= 0.6 is 0 Å². The Morgan fingerprint density at radius 1 is 1.26 bits per heavy atom. The van der Waals surface area contributed by atoms with Gasteiger partial charge in [-0.05, 0) is 29.8 Å². The molecular formula is C22H26N10O3. The highest BCUT2D eigenvalue weighted by atomic mass is 16.5. The molecule has 0 spiro atoms. The summed E-state index contributed by atoms with van der Waals surface area (Å²) in [6, 6.07) is 10.4. The summed E-state index contributed by atoms with van der Waals surface area (Å²) in [6.07, 6.45) is 1.58. The van der Waals surface area contributed by atoms with Crippen LogP contribution in [0.25, 0.3) is 11.0 Å². The van der Waals surface area contributed by atoms with E-state index in [9.17, 15) is 9.90 Å². The number of benzene rings is 1. The Morgan fingerprint density at radius 3 is 2.77 bits per heavy atom. The number of amidine groups is 1. The topological polar surface area (TPSA) is 185 Å². The van der Waals surface area contributed by atoms with Crippen molar-refractivity contribution in [1.82, 2.24) is 24.9 Å². The van der Waals surface area contributed by atoms with Crippen molar-refractivity contribution in [1.29, 1.82) is 0 Å². The highest BCUT2D eigenvalue weighted by Crippen LogP contribution is 2.34. The normalized spacial score (nSPS) is 11.5. The Kier molecular flexibility index (Phi) is 6.53. The number of hydrazone groups is 1. The Bertz CT molecular complexity index is 1460. The van der Waals surface area contributed by atoms with Gasteiger partial charge in [0.1, 0.15) is 17.0 Å². The number of nitrogens with zero attached hydrogens (tertiary/aromatic N) is 5. The van der Waals surface area contributed by atoms with E-state index < -0.39 is 0 Å². The predicted octanol–water partition coefficient (Wildman–Crippen LogP) is 1.07. The Morgan fingerprint density at radius 2 is 2.06 bits per heavy atom. The second-order valence-electron chi connectivity index (χ2n) is 7.66. The molecule has 0 aliphatic carbocycles. The number of anilines is 4. The summed E-state index contributed by atoms with van der Waals surface area (Å²) in [4.78, 5) is 21.6. The van der Waals surface area contributed by atoms with E-state index in [0.29, 0.717) is 50.9 Å². The minimum atomic E-state index is -0.261. The van der Waals surface area contributed by atoms with Crippen molar-refractivity contribution >= 4 is 39.9 Å². The van der Waals surface area contributed by atoms with Gasteiger partial charge in [0, 0.05) is 26.4 Å². The molecule has 3 aromatic heterocycles. The Labute approximate surface area is 200 Å². The average molecular weight is 479 g/mol. The number of pyridine rings is 2. The van der Waals surface area contributed by atoms with E-state index in [-0.39, 0.29) is 18.0 Å². The number of nitrogens with one attached hydrogen (secondary N) is 3. The number of hydrazine groups is 1. The summed E-state index contributed by atoms with van der Waals surface area (Å²) < 4.78 is 6.95.